The van der Waals surface area contributed by atoms with Gasteiger partial charge in [0.05, 0.1) is 0 Å². The fourth-order valence-electron chi connectivity index (χ4n) is 2.98. The normalized spacial score (nSPS) is 11.0. The monoisotopic (exact) mass is 341 g/mol. The van der Waals surface area contributed by atoms with Crippen LogP contribution in [0.4, 0.5) is 0 Å². The Labute approximate surface area is 144 Å². The van der Waals surface area contributed by atoms with E-state index in [0.717, 1.165) is 6.42 Å². The van der Waals surface area contributed by atoms with Crippen molar-refractivity contribution in [3.05, 3.63) is 68.1 Å². The van der Waals surface area contributed by atoms with Crippen LogP contribution in [0.15, 0.2) is 34.7 Å². The highest BCUT2D eigenvalue weighted by Gasteiger charge is 2.13. The highest BCUT2D eigenvalue weighted by atomic mass is 32.1. The maximum absolute atomic E-state index is 12.3. The molecule has 0 spiro atoms. The number of aryl methyl sites for hydroxylation is 3. The van der Waals surface area contributed by atoms with Crippen molar-refractivity contribution in [3.8, 4) is 0 Å². The van der Waals surface area contributed by atoms with Crippen LogP contribution in [0, 0.1) is 20.8 Å². The van der Waals surface area contributed by atoms with Crippen LogP contribution in [-0.2, 0) is 6.42 Å². The smallest absolute Gasteiger partial charge is 0.271 e. The Morgan fingerprint density at radius 2 is 1.96 bits per heavy atom. The zero-order valence-corrected chi connectivity index (χ0v) is 14.7. The molecule has 0 saturated heterocycles. The van der Waals surface area contributed by atoms with Gasteiger partial charge < -0.3 is 5.32 Å². The van der Waals surface area contributed by atoms with Crippen LogP contribution < -0.4 is 10.9 Å². The van der Waals surface area contributed by atoms with E-state index in [2.05, 4.69) is 43.2 Å². The van der Waals surface area contributed by atoms with E-state index in [1.54, 1.807) is 11.6 Å². The molecule has 2 heterocycles. The molecule has 0 aliphatic carbocycles. The molecule has 1 aromatic carbocycles. The molecule has 0 aliphatic heterocycles. The molecule has 0 bridgehead atoms. The van der Waals surface area contributed by atoms with Crippen molar-refractivity contribution < 1.29 is 4.79 Å². The van der Waals surface area contributed by atoms with E-state index in [0.29, 0.717) is 11.5 Å². The van der Waals surface area contributed by atoms with Gasteiger partial charge in [0.1, 0.15) is 5.56 Å². The van der Waals surface area contributed by atoms with Crippen molar-refractivity contribution in [3.63, 3.8) is 0 Å². The van der Waals surface area contributed by atoms with Gasteiger partial charge in [-0.1, -0.05) is 17.7 Å². The summed E-state index contributed by atoms with van der Waals surface area (Å²) < 4.78 is 1.40. The van der Waals surface area contributed by atoms with Gasteiger partial charge in [-0.25, -0.2) is 4.98 Å². The molecule has 0 saturated carbocycles. The summed E-state index contributed by atoms with van der Waals surface area (Å²) >= 11 is 1.36. The van der Waals surface area contributed by atoms with Crippen molar-refractivity contribution >= 4 is 22.2 Å². The highest BCUT2D eigenvalue weighted by Crippen LogP contribution is 2.16. The Morgan fingerprint density at radius 3 is 2.67 bits per heavy atom. The van der Waals surface area contributed by atoms with E-state index < -0.39 is 0 Å². The lowest BCUT2D eigenvalue weighted by Gasteiger charge is -2.12. The van der Waals surface area contributed by atoms with Crippen LogP contribution in [0.25, 0.3) is 4.96 Å². The summed E-state index contributed by atoms with van der Waals surface area (Å²) in [5, 5.41) is 4.60. The van der Waals surface area contributed by atoms with Crippen molar-refractivity contribution in [2.75, 3.05) is 6.54 Å². The van der Waals surface area contributed by atoms with Gasteiger partial charge in [-0.15, -0.1) is 11.3 Å². The maximum atomic E-state index is 12.3. The fraction of sp³-hybridized carbons (Fsp3) is 0.278. The molecule has 0 aliphatic rings. The summed E-state index contributed by atoms with van der Waals surface area (Å²) in [7, 11) is 0. The quantitative estimate of drug-likeness (QED) is 0.793. The van der Waals surface area contributed by atoms with Gasteiger partial charge in [0.25, 0.3) is 11.5 Å². The SMILES string of the molecule is Cc1cc(C)c(CCNC(=O)c2cnc3sccn3c2=O)c(C)c1. The Kier molecular flexibility index (Phi) is 4.49. The largest absolute Gasteiger partial charge is 0.351 e. The predicted molar refractivity (Wildman–Crippen MR) is 96.0 cm³/mol. The van der Waals surface area contributed by atoms with Crippen molar-refractivity contribution in [2.45, 2.75) is 27.2 Å². The third kappa shape index (κ3) is 3.10. The molecule has 3 rings (SSSR count). The molecular weight excluding hydrogens is 322 g/mol. The predicted octanol–water partition coefficient (Wildman–Crippen LogP) is 2.65. The van der Waals surface area contributed by atoms with Gasteiger partial charge in [-0.3, -0.25) is 14.0 Å². The topological polar surface area (TPSA) is 63.5 Å². The summed E-state index contributed by atoms with van der Waals surface area (Å²) in [6.45, 7) is 6.72. The van der Waals surface area contributed by atoms with Gasteiger partial charge in [0, 0.05) is 24.3 Å². The first kappa shape index (κ1) is 16.4. The second kappa shape index (κ2) is 6.57. The zero-order valence-electron chi connectivity index (χ0n) is 13.9. The molecule has 5 nitrogen and oxygen atoms in total. The molecule has 0 atom stereocenters. The first-order valence-electron chi connectivity index (χ1n) is 7.77. The summed E-state index contributed by atoms with van der Waals surface area (Å²) in [5.74, 6) is -0.379. The third-order valence-electron chi connectivity index (χ3n) is 4.09. The van der Waals surface area contributed by atoms with Gasteiger partial charge in [0.15, 0.2) is 4.96 Å². The molecule has 6 heteroatoms. The van der Waals surface area contributed by atoms with Crippen molar-refractivity contribution in [1.29, 1.82) is 0 Å². The summed E-state index contributed by atoms with van der Waals surface area (Å²) in [4.78, 5) is 29.3. The minimum atomic E-state index is -0.379. The summed E-state index contributed by atoms with van der Waals surface area (Å²) in [6.07, 6.45) is 3.72. The molecule has 0 unspecified atom stereocenters. The second-order valence-electron chi connectivity index (χ2n) is 5.92. The minimum Gasteiger partial charge on any atom is -0.351 e. The van der Waals surface area contributed by atoms with E-state index >= 15 is 0 Å². The Bertz CT molecular complexity index is 949. The number of aromatic nitrogens is 2. The van der Waals surface area contributed by atoms with Gasteiger partial charge >= 0.3 is 0 Å². The molecule has 0 fully saturated rings. The van der Waals surface area contributed by atoms with E-state index in [4.69, 9.17) is 0 Å². The second-order valence-corrected chi connectivity index (χ2v) is 6.79. The van der Waals surface area contributed by atoms with Crippen LogP contribution in [0.2, 0.25) is 0 Å². The summed E-state index contributed by atoms with van der Waals surface area (Å²) in [6, 6.07) is 4.29. The van der Waals surface area contributed by atoms with Gasteiger partial charge in [0.2, 0.25) is 0 Å². The number of rotatable bonds is 4. The molecule has 24 heavy (non-hydrogen) atoms. The number of amides is 1. The lowest BCUT2D eigenvalue weighted by molar-refractivity contribution is 0.0952. The Balaban J connectivity index is 1.72. The minimum absolute atomic E-state index is 0.0725. The number of hydrogen-bond acceptors (Lipinski definition) is 4. The lowest BCUT2D eigenvalue weighted by Crippen LogP contribution is -2.32. The summed E-state index contributed by atoms with van der Waals surface area (Å²) in [5.41, 5.74) is 4.67. The molecule has 0 radical (unpaired) electrons. The molecule has 2 aromatic heterocycles. The van der Waals surface area contributed by atoms with E-state index in [-0.39, 0.29) is 17.0 Å². The van der Waals surface area contributed by atoms with Crippen molar-refractivity contribution in [1.82, 2.24) is 14.7 Å². The molecular formula is C18H19N3O2S. The lowest BCUT2D eigenvalue weighted by atomic mass is 9.97. The van der Waals surface area contributed by atoms with E-state index in [1.165, 1.54) is 44.2 Å². The number of benzene rings is 1. The first-order valence-corrected chi connectivity index (χ1v) is 8.65. The molecule has 124 valence electrons. The molecule has 3 aromatic rings. The van der Waals surface area contributed by atoms with E-state index in [1.807, 2.05) is 0 Å². The number of nitrogens with one attached hydrogen (secondary N) is 1. The number of hydrogen-bond donors (Lipinski definition) is 1. The fourth-order valence-corrected chi connectivity index (χ4v) is 3.66. The zero-order chi connectivity index (χ0) is 17.3. The van der Waals surface area contributed by atoms with Gasteiger partial charge in [-0.05, 0) is 43.9 Å². The number of fused-ring (bicyclic) bond motifs is 1. The van der Waals surface area contributed by atoms with E-state index in [9.17, 15) is 9.59 Å². The highest BCUT2D eigenvalue weighted by molar-refractivity contribution is 7.15. The number of carbonyl (C=O) groups is 1. The Morgan fingerprint density at radius 1 is 1.25 bits per heavy atom. The van der Waals surface area contributed by atoms with Crippen LogP contribution in [0.3, 0.4) is 0 Å². The third-order valence-corrected chi connectivity index (χ3v) is 4.86. The number of nitrogens with zero attached hydrogens (tertiary/aromatic N) is 2. The molecule has 1 amide bonds. The van der Waals surface area contributed by atoms with Crippen LogP contribution in [-0.4, -0.2) is 21.8 Å². The van der Waals surface area contributed by atoms with Crippen molar-refractivity contribution in [2.24, 2.45) is 0 Å². The standard InChI is InChI=1S/C18H19N3O2S/c1-11-8-12(2)14(13(3)9-11)4-5-19-16(22)15-10-20-18-21(17(15)23)6-7-24-18/h6-10H,4-5H2,1-3H3,(H,19,22). The van der Waals surface area contributed by atoms with Gasteiger partial charge in [-0.2, -0.15) is 0 Å². The van der Waals surface area contributed by atoms with Crippen LogP contribution in [0.1, 0.15) is 32.6 Å². The van der Waals surface area contributed by atoms with Crippen LogP contribution >= 0.6 is 11.3 Å². The molecule has 1 N–H and O–H groups in total. The van der Waals surface area contributed by atoms with Crippen LogP contribution in [0.5, 0.6) is 0 Å². The Hall–Kier alpha value is -2.47. The average molecular weight is 341 g/mol. The average Bonchev–Trinajstić information content (AvgIpc) is 2.99. The number of thiazole rings is 1. The maximum Gasteiger partial charge on any atom is 0.271 e. The first-order chi connectivity index (χ1) is 11.5. The number of carbonyl (C=O) groups excluding carboxylic acids is 1.